The van der Waals surface area contributed by atoms with E-state index in [2.05, 4.69) is 89.2 Å². The maximum atomic E-state index is 10.9. The van der Waals surface area contributed by atoms with E-state index >= 15 is 0 Å². The zero-order valence-electron chi connectivity index (χ0n) is 59.8. The number of hydrogen-bond acceptors (Lipinski definition) is 18. The molecule has 0 aliphatic carbocycles. The van der Waals surface area contributed by atoms with Gasteiger partial charge in [-0.3, -0.25) is 0 Å². The number of unbranched alkanes of at least 4 members (excludes halogenated alkanes) is 7. The van der Waals surface area contributed by atoms with E-state index in [-0.39, 0.29) is 122 Å². The summed E-state index contributed by atoms with van der Waals surface area (Å²) in [5.41, 5.74) is 3.65. The molecule has 0 aliphatic rings. The molecule has 1 unspecified atom stereocenters. The molecule has 0 saturated carbocycles. The highest BCUT2D eigenvalue weighted by atomic mass is 16.6. The first-order chi connectivity index (χ1) is 48.2. The lowest BCUT2D eigenvalue weighted by Gasteiger charge is -2.14. The van der Waals surface area contributed by atoms with Crippen LogP contribution in [0.15, 0.2) is 215 Å². The molecule has 0 saturated heterocycles. The van der Waals surface area contributed by atoms with Crippen LogP contribution in [0.2, 0.25) is 0 Å². The van der Waals surface area contributed by atoms with Crippen molar-refractivity contribution >= 4 is 35.8 Å². The van der Waals surface area contributed by atoms with Gasteiger partial charge in [-0.2, -0.15) is 0 Å². The number of carbonyl (C=O) groups excluding carboxylic acids is 6. The number of benzene rings is 5. The highest BCUT2D eigenvalue weighted by Gasteiger charge is 2.07. The number of esters is 6. The number of hydrogen-bond donors (Lipinski definition) is 0. The van der Waals surface area contributed by atoms with Crippen molar-refractivity contribution in [3.8, 4) is 34.1 Å². The lowest BCUT2D eigenvalue weighted by atomic mass is 10.0. The Balaban J connectivity index is -0.0000000838. The van der Waals surface area contributed by atoms with Crippen LogP contribution in [0, 0.1) is 5.92 Å². The maximum absolute atomic E-state index is 10.9. The lowest BCUT2D eigenvalue weighted by Crippen LogP contribution is -2.13. The summed E-state index contributed by atoms with van der Waals surface area (Å²) in [6, 6.07) is 44.8. The van der Waals surface area contributed by atoms with Crippen molar-refractivity contribution in [2.45, 2.75) is 208 Å². The molecule has 0 heterocycles. The van der Waals surface area contributed by atoms with Crippen LogP contribution < -0.4 is 18.9 Å². The lowest BCUT2D eigenvalue weighted by molar-refractivity contribution is -0.140. The van der Waals surface area contributed by atoms with Crippen molar-refractivity contribution < 1.29 is 85.6 Å². The third kappa shape index (κ3) is 84.4. The molecular formula is C93H160O18. The van der Waals surface area contributed by atoms with Gasteiger partial charge < -0.3 is 56.8 Å². The zero-order valence-corrected chi connectivity index (χ0v) is 59.8. The smallest absolute Gasteiger partial charge is 0.330 e. The van der Waals surface area contributed by atoms with Gasteiger partial charge in [0.15, 0.2) is 0 Å². The molecule has 0 radical (unpaired) electrons. The molecule has 5 aromatic rings. The van der Waals surface area contributed by atoms with E-state index in [0.717, 1.165) is 84.5 Å². The van der Waals surface area contributed by atoms with Crippen LogP contribution in [0.1, 0.15) is 207 Å². The molecule has 5 rings (SSSR count). The fraction of sp³-hybridized carbons (Fsp3) is 0.484. The molecule has 18 nitrogen and oxygen atoms in total. The highest BCUT2D eigenvalue weighted by Crippen LogP contribution is 2.22. The largest absolute Gasteiger partial charge is 0.490 e. The van der Waals surface area contributed by atoms with Crippen molar-refractivity contribution in [3.05, 3.63) is 221 Å². The third-order valence-corrected chi connectivity index (χ3v) is 12.9. The van der Waals surface area contributed by atoms with Gasteiger partial charge in [-0.1, -0.05) is 312 Å². The highest BCUT2D eigenvalue weighted by molar-refractivity contribution is 5.83. The normalized spacial score (nSPS) is 8.81. The average Bonchev–Trinajstić information content (AvgIpc) is 0.872. The van der Waals surface area contributed by atoms with Gasteiger partial charge in [0.2, 0.25) is 0 Å². The summed E-state index contributed by atoms with van der Waals surface area (Å²) < 4.78 is 60.5. The second kappa shape index (κ2) is 100. The molecule has 0 fully saturated rings. The van der Waals surface area contributed by atoms with Crippen LogP contribution in [-0.2, 0) is 73.1 Å². The molecule has 0 amide bonds. The predicted molar refractivity (Wildman–Crippen MR) is 475 cm³/mol. The molecule has 640 valence electrons. The molecule has 0 aliphatic heterocycles. The van der Waals surface area contributed by atoms with E-state index in [4.69, 9.17) is 52.1 Å². The Hall–Kier alpha value is -9.52. The maximum Gasteiger partial charge on any atom is 0.330 e. The molecule has 0 spiro atoms. The molecule has 1 atom stereocenters. The van der Waals surface area contributed by atoms with Crippen molar-refractivity contribution in [1.82, 2.24) is 0 Å². The van der Waals surface area contributed by atoms with E-state index in [9.17, 15) is 28.8 Å². The Morgan fingerprint density at radius 1 is 0.306 bits per heavy atom. The standard InChI is InChI=1S/C20H30O3.C17H16O3.C13H24O3.2C11H12O3.C7H12O3.C2H6.12CH4/c1-3-5-6-7-8-9-10-11-18-12-14-19(15-13-18)22-16-17-23-20(21)4-2;1-2-17(18)20-13-12-19-16-10-8-15(9-11-16)14-6-4-3-5-7-14;1-4-7-8-12(5-2)11-15-9-10-16-13(14)6-3;2*1-2-11(12)14-9-8-13-10-6-4-3-5-7-10;1-3-7(8)10-6-5-9-4-2;1-2;;;;;;;;;;;;/h4,12-15H,2-3,5-11,16-17H2,1H3;2-11H,1,12-13H2;6,12H,3-5,7-11H2,1-2H3;2*2-7H,1,8-9H2;3H,1,4-6H2,2H3;1-2H3;12*1H4. The van der Waals surface area contributed by atoms with Crippen LogP contribution in [0.4, 0.5) is 0 Å². The van der Waals surface area contributed by atoms with Crippen molar-refractivity contribution in [3.63, 3.8) is 0 Å². The molecule has 5 aromatic carbocycles. The number of ether oxygens (including phenoxy) is 12. The number of carbonyl (C=O) groups is 6. The molecular weight excluding hydrogens is 1410 g/mol. The number of rotatable bonds is 44. The van der Waals surface area contributed by atoms with E-state index in [1.807, 2.05) is 136 Å². The number of aryl methyl sites for hydroxylation is 1. The van der Waals surface area contributed by atoms with Crippen LogP contribution in [0.25, 0.3) is 11.1 Å². The van der Waals surface area contributed by atoms with Crippen molar-refractivity contribution in [2.24, 2.45) is 5.92 Å². The van der Waals surface area contributed by atoms with Gasteiger partial charge in [0.05, 0.1) is 13.2 Å². The van der Waals surface area contributed by atoms with E-state index in [1.54, 1.807) is 0 Å². The monoisotopic (exact) mass is 1570 g/mol. The first kappa shape index (κ1) is 134. The minimum Gasteiger partial charge on any atom is -0.490 e. The second-order valence-corrected chi connectivity index (χ2v) is 20.3. The number of para-hydroxylation sites is 2. The van der Waals surface area contributed by atoms with Crippen LogP contribution in [0.5, 0.6) is 23.0 Å². The van der Waals surface area contributed by atoms with E-state index in [0.29, 0.717) is 65.4 Å². The summed E-state index contributed by atoms with van der Waals surface area (Å²) in [7, 11) is 0. The fourth-order valence-electron chi connectivity index (χ4n) is 7.70. The summed E-state index contributed by atoms with van der Waals surface area (Å²) in [4.78, 5) is 64.0. The third-order valence-electron chi connectivity index (χ3n) is 12.9. The minimum atomic E-state index is -0.437. The topological polar surface area (TPSA) is 213 Å². The first-order valence-corrected chi connectivity index (χ1v) is 34.0. The quantitative estimate of drug-likeness (QED) is 0.0153. The summed E-state index contributed by atoms with van der Waals surface area (Å²) in [5.74, 6) is 1.22. The average molecular weight is 1570 g/mol. The zero-order chi connectivity index (χ0) is 73.5. The van der Waals surface area contributed by atoms with E-state index in [1.165, 1.54) is 75.3 Å². The van der Waals surface area contributed by atoms with Gasteiger partial charge in [0, 0.05) is 49.7 Å². The van der Waals surface area contributed by atoms with Crippen LogP contribution in [-0.4, -0.2) is 128 Å². The molecule has 0 aromatic heterocycles. The first-order valence-electron chi connectivity index (χ1n) is 34.0. The fourth-order valence-corrected chi connectivity index (χ4v) is 7.70. The van der Waals surface area contributed by atoms with E-state index < -0.39 is 29.8 Å². The van der Waals surface area contributed by atoms with Crippen LogP contribution >= 0.6 is 0 Å². The second-order valence-electron chi connectivity index (χ2n) is 20.3. The summed E-state index contributed by atoms with van der Waals surface area (Å²) >= 11 is 0. The van der Waals surface area contributed by atoms with Gasteiger partial charge in [-0.25, -0.2) is 28.8 Å². The minimum absolute atomic E-state index is 0. The Kier molecular flexibility index (Phi) is 121. The Morgan fingerprint density at radius 3 is 0.883 bits per heavy atom. The summed E-state index contributed by atoms with van der Waals surface area (Å²) in [5, 5.41) is 0. The van der Waals surface area contributed by atoms with Gasteiger partial charge in [-0.15, -0.1) is 0 Å². The van der Waals surface area contributed by atoms with Gasteiger partial charge in [-0.05, 0) is 97.3 Å². The Morgan fingerprint density at radius 2 is 0.577 bits per heavy atom. The van der Waals surface area contributed by atoms with Crippen molar-refractivity contribution in [2.75, 3.05) is 92.5 Å². The summed E-state index contributed by atoms with van der Waals surface area (Å²) in [6.07, 6.45) is 22.2. The summed E-state index contributed by atoms with van der Waals surface area (Å²) in [6.45, 7) is 37.6. The van der Waals surface area contributed by atoms with Crippen LogP contribution in [0.3, 0.4) is 0 Å². The SMILES string of the molecule is C.C.C.C.C.C.C.C.C.C.C.C.C=CC(=O)OCCOCC.C=CC(=O)OCCOCC(CC)CCCC.C=CC(=O)OCCOc1ccc(-c2ccccc2)cc1.C=CC(=O)OCCOc1ccc(CCCCCCCCC)cc1.C=CC(=O)OCCOc1ccccc1.C=CC(=O)OCCOc1ccccc1.CC. The Labute approximate surface area is 679 Å². The van der Waals surface area contributed by atoms with Gasteiger partial charge >= 0.3 is 35.8 Å². The molecule has 0 N–H and O–H groups in total. The van der Waals surface area contributed by atoms with Crippen molar-refractivity contribution in [1.29, 1.82) is 0 Å². The molecule has 111 heavy (non-hydrogen) atoms. The van der Waals surface area contributed by atoms with Gasteiger partial charge in [0.25, 0.3) is 0 Å². The molecule has 0 bridgehead atoms. The Bertz CT molecular complexity index is 2780. The van der Waals surface area contributed by atoms with Gasteiger partial charge in [0.1, 0.15) is 89.1 Å². The molecule has 18 heteroatoms. The predicted octanol–water partition coefficient (Wildman–Crippen LogP) is 24.5.